The van der Waals surface area contributed by atoms with Gasteiger partial charge in [0.15, 0.2) is 5.82 Å². The number of nitrogens with zero attached hydrogens (tertiary/aromatic N) is 4. The van der Waals surface area contributed by atoms with E-state index in [-0.39, 0.29) is 11.3 Å². The van der Waals surface area contributed by atoms with Crippen molar-refractivity contribution in [1.29, 1.82) is 0 Å². The zero-order valence-electron chi connectivity index (χ0n) is 18.2. The molecule has 6 nitrogen and oxygen atoms in total. The van der Waals surface area contributed by atoms with Gasteiger partial charge in [0.1, 0.15) is 11.6 Å². The van der Waals surface area contributed by atoms with E-state index in [0.717, 1.165) is 5.82 Å². The van der Waals surface area contributed by atoms with E-state index in [1.165, 1.54) is 50.4 Å². The monoisotopic (exact) mass is 421 g/mol. The van der Waals surface area contributed by atoms with E-state index in [0.29, 0.717) is 33.7 Å². The van der Waals surface area contributed by atoms with Gasteiger partial charge in [0, 0.05) is 36.0 Å². The number of fused-ring (bicyclic) bond motifs is 2. The lowest BCUT2D eigenvalue weighted by Crippen LogP contribution is -2.42. The van der Waals surface area contributed by atoms with Gasteiger partial charge in [-0.2, -0.15) is 5.10 Å². The van der Waals surface area contributed by atoms with E-state index >= 15 is 0 Å². The van der Waals surface area contributed by atoms with Crippen molar-refractivity contribution in [3.05, 3.63) is 42.5 Å². The third-order valence-electron chi connectivity index (χ3n) is 7.37. The first-order valence-corrected chi connectivity index (χ1v) is 10.8. The number of halogens is 1. The molecule has 5 rings (SSSR count). The van der Waals surface area contributed by atoms with Crippen molar-refractivity contribution in [2.24, 2.45) is 10.8 Å². The van der Waals surface area contributed by atoms with Crippen molar-refractivity contribution in [3.8, 4) is 28.1 Å². The number of hydrogen-bond acceptors (Lipinski definition) is 5. The quantitative estimate of drug-likeness (QED) is 0.607. The highest BCUT2D eigenvalue weighted by Gasteiger charge is 2.50. The molecule has 2 N–H and O–H groups in total. The topological polar surface area (TPSA) is 77.9 Å². The normalized spacial score (nSPS) is 27.4. The average Bonchev–Trinajstić information content (AvgIpc) is 3.34. The lowest BCUT2D eigenvalue weighted by Gasteiger charge is -2.44. The number of H-pyrrole nitrogens is 1. The van der Waals surface area contributed by atoms with Gasteiger partial charge in [0.2, 0.25) is 0 Å². The summed E-state index contributed by atoms with van der Waals surface area (Å²) in [5.74, 6) is 0.311. The maximum Gasteiger partial charge on any atom is 0.151 e. The van der Waals surface area contributed by atoms with Crippen LogP contribution < -0.4 is 4.90 Å². The molecule has 2 aromatic heterocycles. The summed E-state index contributed by atoms with van der Waals surface area (Å²) in [5, 5.41) is 25.7. The van der Waals surface area contributed by atoms with Crippen molar-refractivity contribution in [2.75, 3.05) is 11.9 Å². The van der Waals surface area contributed by atoms with Crippen LogP contribution in [0.3, 0.4) is 0 Å². The van der Waals surface area contributed by atoms with Crippen LogP contribution >= 0.6 is 0 Å². The Morgan fingerprint density at radius 3 is 2.45 bits per heavy atom. The molecule has 1 aromatic carbocycles. The van der Waals surface area contributed by atoms with Crippen LogP contribution in [0.1, 0.15) is 46.0 Å². The van der Waals surface area contributed by atoms with E-state index in [9.17, 15) is 9.50 Å². The molecule has 0 saturated heterocycles. The van der Waals surface area contributed by atoms with Crippen LogP contribution in [0.2, 0.25) is 0 Å². The summed E-state index contributed by atoms with van der Waals surface area (Å²) in [6.45, 7) is 4.83. The van der Waals surface area contributed by atoms with Gasteiger partial charge in [-0.15, -0.1) is 10.2 Å². The third kappa shape index (κ3) is 3.56. The van der Waals surface area contributed by atoms with Gasteiger partial charge in [-0.05, 0) is 67.2 Å². The highest BCUT2D eigenvalue weighted by atomic mass is 19.1. The molecule has 0 unspecified atom stereocenters. The molecule has 3 atom stereocenters. The van der Waals surface area contributed by atoms with Crippen LogP contribution in [-0.4, -0.2) is 38.6 Å². The number of nitrogens with one attached hydrogen (secondary N) is 1. The van der Waals surface area contributed by atoms with Crippen molar-refractivity contribution in [1.82, 2.24) is 20.4 Å². The molecule has 2 bridgehead atoms. The van der Waals surface area contributed by atoms with E-state index in [1.807, 2.05) is 6.07 Å². The molecular formula is C24H28FN5O. The summed E-state index contributed by atoms with van der Waals surface area (Å²) in [6.07, 6.45) is 9.36. The van der Waals surface area contributed by atoms with Crippen molar-refractivity contribution in [3.63, 3.8) is 0 Å². The van der Waals surface area contributed by atoms with Gasteiger partial charge in [-0.1, -0.05) is 13.8 Å². The number of benzene rings is 1. The average molecular weight is 422 g/mol. The Labute approximate surface area is 181 Å². The molecule has 2 fully saturated rings. The van der Waals surface area contributed by atoms with Crippen molar-refractivity contribution >= 4 is 5.82 Å². The summed E-state index contributed by atoms with van der Waals surface area (Å²) >= 11 is 0. The molecular weight excluding hydrogens is 393 g/mol. The van der Waals surface area contributed by atoms with Crippen LogP contribution in [0, 0.1) is 16.6 Å². The maximum atomic E-state index is 14.7. The third-order valence-corrected chi connectivity index (χ3v) is 7.37. The molecule has 2 heterocycles. The Hall–Kier alpha value is -2.96. The minimum absolute atomic E-state index is 0.0438. The first-order chi connectivity index (χ1) is 14.8. The zero-order chi connectivity index (χ0) is 21.8. The van der Waals surface area contributed by atoms with Gasteiger partial charge in [-0.25, -0.2) is 4.39 Å². The second kappa shape index (κ2) is 7.04. The second-order valence-electron chi connectivity index (χ2n) is 10.1. The number of aromatic hydroxyl groups is 1. The van der Waals surface area contributed by atoms with Gasteiger partial charge in [0.05, 0.1) is 11.9 Å². The predicted octanol–water partition coefficient (Wildman–Crippen LogP) is 5.17. The molecule has 2 aliphatic rings. The van der Waals surface area contributed by atoms with Crippen LogP contribution in [0.25, 0.3) is 22.4 Å². The predicted molar refractivity (Wildman–Crippen MR) is 118 cm³/mol. The highest BCUT2D eigenvalue weighted by molar-refractivity contribution is 5.74. The Morgan fingerprint density at radius 2 is 1.84 bits per heavy atom. The SMILES string of the molecule is CN(c1ccc(-c2cc(F)c(-c3cn[nH]c3)cc2O)nn1)[C@H]1C[C@]2(C)CC[C@](C)(C1)C2. The second-order valence-corrected chi connectivity index (χ2v) is 10.1. The molecule has 162 valence electrons. The first-order valence-electron chi connectivity index (χ1n) is 10.8. The fourth-order valence-electron chi connectivity index (χ4n) is 5.87. The number of aromatic amines is 1. The Balaban J connectivity index is 1.39. The standard InChI is InChI=1S/C24H28FN5O/c1-23-6-7-24(2,14-23)11-16(10-23)30(3)22-5-4-20(28-29-22)18-8-19(25)17(9-21(18)31)15-12-26-27-13-15/h4-5,8-9,12-13,16,31H,6-7,10-11,14H2,1-3H3,(H,26,27)/t16-,23-,24+. The van der Waals surface area contributed by atoms with Crippen LogP contribution in [0.5, 0.6) is 5.75 Å². The van der Waals surface area contributed by atoms with Gasteiger partial charge in [-0.3, -0.25) is 5.10 Å². The summed E-state index contributed by atoms with van der Waals surface area (Å²) in [4.78, 5) is 2.24. The number of aromatic nitrogens is 4. The minimum Gasteiger partial charge on any atom is -0.507 e. The summed E-state index contributed by atoms with van der Waals surface area (Å²) in [6, 6.07) is 6.84. The fraction of sp³-hybridized carbons (Fsp3) is 0.458. The number of rotatable bonds is 4. The van der Waals surface area contributed by atoms with E-state index in [2.05, 4.69) is 46.2 Å². The molecule has 3 aromatic rings. The van der Waals surface area contributed by atoms with Crippen LogP contribution in [0.15, 0.2) is 36.7 Å². The fourth-order valence-corrected chi connectivity index (χ4v) is 5.87. The molecule has 7 heteroatoms. The molecule has 0 radical (unpaired) electrons. The lowest BCUT2D eigenvalue weighted by atomic mass is 9.68. The first kappa shape index (κ1) is 20.0. The van der Waals surface area contributed by atoms with Gasteiger partial charge in [0.25, 0.3) is 0 Å². The van der Waals surface area contributed by atoms with Crippen LogP contribution in [0.4, 0.5) is 10.2 Å². The van der Waals surface area contributed by atoms with E-state index in [4.69, 9.17) is 0 Å². The molecule has 2 saturated carbocycles. The number of phenols is 1. The Morgan fingerprint density at radius 1 is 1.10 bits per heavy atom. The number of phenolic OH excluding ortho intramolecular Hbond substituents is 1. The molecule has 0 aliphatic heterocycles. The largest absolute Gasteiger partial charge is 0.507 e. The van der Waals surface area contributed by atoms with Gasteiger partial charge >= 0.3 is 0 Å². The summed E-state index contributed by atoms with van der Waals surface area (Å²) < 4.78 is 14.7. The smallest absolute Gasteiger partial charge is 0.151 e. The van der Waals surface area contributed by atoms with Crippen molar-refractivity contribution in [2.45, 2.75) is 52.0 Å². The number of hydrogen-bond donors (Lipinski definition) is 2. The zero-order valence-corrected chi connectivity index (χ0v) is 18.2. The number of anilines is 1. The molecule has 31 heavy (non-hydrogen) atoms. The lowest BCUT2D eigenvalue weighted by molar-refractivity contribution is 0.148. The minimum atomic E-state index is -0.448. The maximum absolute atomic E-state index is 14.7. The molecule has 0 spiro atoms. The van der Waals surface area contributed by atoms with E-state index in [1.54, 1.807) is 12.3 Å². The Bertz CT molecular complexity index is 1080. The van der Waals surface area contributed by atoms with Crippen molar-refractivity contribution < 1.29 is 9.50 Å². The summed E-state index contributed by atoms with van der Waals surface area (Å²) in [5.41, 5.74) is 2.45. The van der Waals surface area contributed by atoms with Gasteiger partial charge < -0.3 is 10.0 Å². The highest BCUT2D eigenvalue weighted by Crippen LogP contribution is 2.58. The summed E-state index contributed by atoms with van der Waals surface area (Å²) in [7, 11) is 2.09. The van der Waals surface area contributed by atoms with E-state index < -0.39 is 5.82 Å². The molecule has 0 amide bonds. The van der Waals surface area contributed by atoms with Crippen LogP contribution in [-0.2, 0) is 0 Å². The molecule has 2 aliphatic carbocycles. The Kier molecular flexibility index (Phi) is 4.53.